The minimum atomic E-state index is 0.829. The van der Waals surface area contributed by atoms with Gasteiger partial charge in [0.05, 0.1) is 18.9 Å². The molecule has 4 nitrogen and oxygen atoms in total. The molecule has 0 radical (unpaired) electrons. The highest BCUT2D eigenvalue weighted by Crippen LogP contribution is 2.20. The zero-order valence-corrected chi connectivity index (χ0v) is 14.2. The Kier molecular flexibility index (Phi) is 8.69. The molecule has 0 amide bonds. The third-order valence-electron chi connectivity index (χ3n) is 3.40. The second-order valence-corrected chi connectivity index (χ2v) is 4.89. The summed E-state index contributed by atoms with van der Waals surface area (Å²) in [5, 5.41) is 8.34. The predicted octanol–water partition coefficient (Wildman–Crippen LogP) is 2.61. The van der Waals surface area contributed by atoms with Gasteiger partial charge in [-0.05, 0) is 44.2 Å². The summed E-state index contributed by atoms with van der Waals surface area (Å²) >= 11 is 0. The van der Waals surface area contributed by atoms with E-state index in [0.29, 0.717) is 0 Å². The fraction of sp³-hybridized carbons (Fsp3) is 0.389. The van der Waals surface area contributed by atoms with E-state index in [1.807, 2.05) is 49.0 Å². The van der Waals surface area contributed by atoms with Gasteiger partial charge in [0.15, 0.2) is 0 Å². The Labute approximate surface area is 134 Å². The van der Waals surface area contributed by atoms with Crippen molar-refractivity contribution in [3.8, 4) is 0 Å². The van der Waals surface area contributed by atoms with Crippen LogP contribution in [0.5, 0.6) is 0 Å². The van der Waals surface area contributed by atoms with Crippen molar-refractivity contribution in [3.05, 3.63) is 48.7 Å². The molecular formula is C18H29N4+. The highest BCUT2D eigenvalue weighted by Gasteiger charge is 2.02. The number of quaternary nitrogens is 1. The molecule has 0 bridgehead atoms. The minimum absolute atomic E-state index is 0.829. The Balaban J connectivity index is 2.53. The fourth-order valence-corrected chi connectivity index (χ4v) is 2.10. The van der Waals surface area contributed by atoms with E-state index >= 15 is 0 Å². The van der Waals surface area contributed by atoms with Crippen molar-refractivity contribution in [2.45, 2.75) is 20.3 Å². The lowest BCUT2D eigenvalue weighted by molar-refractivity contribution is -0.556. The number of anilines is 2. The molecule has 0 spiro atoms. The Bertz CT molecular complexity index is 484. The van der Waals surface area contributed by atoms with Gasteiger partial charge in [0.25, 0.3) is 0 Å². The lowest BCUT2D eigenvalue weighted by Crippen LogP contribution is -2.72. The second-order valence-electron chi connectivity index (χ2n) is 4.89. The molecule has 0 fully saturated rings. The number of allylic oxidation sites excluding steroid dienone is 3. The van der Waals surface area contributed by atoms with E-state index in [1.54, 1.807) is 0 Å². The van der Waals surface area contributed by atoms with Crippen LogP contribution in [0, 0.1) is 0 Å². The molecule has 0 heterocycles. The lowest BCUT2D eigenvalue weighted by atomic mass is 10.2. The summed E-state index contributed by atoms with van der Waals surface area (Å²) in [6.07, 6.45) is 10.9. The molecule has 1 aromatic rings. The van der Waals surface area contributed by atoms with Crippen LogP contribution in [0.15, 0.2) is 53.8 Å². The van der Waals surface area contributed by atoms with Crippen molar-refractivity contribution in [1.29, 1.82) is 0 Å². The van der Waals surface area contributed by atoms with E-state index in [4.69, 9.17) is 0 Å². The van der Waals surface area contributed by atoms with Crippen LogP contribution in [0.25, 0.3) is 0 Å². The van der Waals surface area contributed by atoms with E-state index in [1.165, 1.54) is 5.69 Å². The third-order valence-corrected chi connectivity index (χ3v) is 3.40. The quantitative estimate of drug-likeness (QED) is 0.432. The summed E-state index contributed by atoms with van der Waals surface area (Å²) < 4.78 is 0. The second kappa shape index (κ2) is 10.6. The van der Waals surface area contributed by atoms with E-state index in [0.717, 1.165) is 25.2 Å². The van der Waals surface area contributed by atoms with Gasteiger partial charge in [-0.15, -0.1) is 0 Å². The Morgan fingerprint density at radius 2 is 1.68 bits per heavy atom. The van der Waals surface area contributed by atoms with E-state index in [-0.39, 0.29) is 0 Å². The van der Waals surface area contributed by atoms with Gasteiger partial charge in [-0.3, -0.25) is 5.01 Å². The van der Waals surface area contributed by atoms with Gasteiger partial charge in [-0.2, -0.15) is 5.10 Å². The van der Waals surface area contributed by atoms with Crippen molar-refractivity contribution in [3.63, 3.8) is 0 Å². The van der Waals surface area contributed by atoms with Crippen LogP contribution < -0.4 is 15.2 Å². The number of hydrogen-bond donors (Lipinski definition) is 1. The first-order valence-electron chi connectivity index (χ1n) is 7.95. The number of hydrazone groups is 1. The number of hydrogen-bond acceptors (Lipinski definition) is 3. The SMILES string of the molecule is CCN(CC)c1ccc(N(C)/N=C/C/C=C\C=C/[NH2+]C)cc1. The van der Waals surface area contributed by atoms with Crippen LogP contribution in [0.4, 0.5) is 11.4 Å². The summed E-state index contributed by atoms with van der Waals surface area (Å²) in [6.45, 7) is 6.41. The summed E-state index contributed by atoms with van der Waals surface area (Å²) in [7, 11) is 3.98. The highest BCUT2D eigenvalue weighted by atomic mass is 15.4. The molecule has 0 aliphatic carbocycles. The maximum Gasteiger partial charge on any atom is 0.0923 e. The molecule has 1 aromatic carbocycles. The van der Waals surface area contributed by atoms with Gasteiger partial charge in [0.2, 0.25) is 0 Å². The molecule has 0 saturated carbocycles. The molecule has 0 saturated heterocycles. The average molecular weight is 301 g/mol. The molecule has 0 aromatic heterocycles. The van der Waals surface area contributed by atoms with Crippen LogP contribution in [0.2, 0.25) is 0 Å². The molecule has 4 heteroatoms. The van der Waals surface area contributed by atoms with Gasteiger partial charge >= 0.3 is 0 Å². The van der Waals surface area contributed by atoms with E-state index in [2.05, 4.69) is 54.2 Å². The van der Waals surface area contributed by atoms with Crippen LogP contribution >= 0.6 is 0 Å². The zero-order chi connectivity index (χ0) is 16.2. The predicted molar refractivity (Wildman–Crippen MR) is 97.6 cm³/mol. The molecule has 120 valence electrons. The summed E-state index contributed by atoms with van der Waals surface area (Å²) in [6, 6.07) is 8.53. The molecule has 0 aliphatic heterocycles. The van der Waals surface area contributed by atoms with Crippen LogP contribution in [0.1, 0.15) is 20.3 Å². The zero-order valence-electron chi connectivity index (χ0n) is 14.2. The maximum absolute atomic E-state index is 4.44. The Morgan fingerprint density at radius 1 is 1.05 bits per heavy atom. The Morgan fingerprint density at radius 3 is 2.27 bits per heavy atom. The first-order chi connectivity index (χ1) is 10.7. The molecular weight excluding hydrogens is 272 g/mol. The van der Waals surface area contributed by atoms with Gasteiger partial charge < -0.3 is 10.2 Å². The summed E-state index contributed by atoms with van der Waals surface area (Å²) in [4.78, 5) is 2.33. The van der Waals surface area contributed by atoms with E-state index in [9.17, 15) is 0 Å². The van der Waals surface area contributed by atoms with Crippen LogP contribution in [-0.4, -0.2) is 33.4 Å². The smallest absolute Gasteiger partial charge is 0.0923 e. The van der Waals surface area contributed by atoms with Crippen molar-refractivity contribution in [1.82, 2.24) is 0 Å². The van der Waals surface area contributed by atoms with Crippen molar-refractivity contribution < 1.29 is 5.32 Å². The van der Waals surface area contributed by atoms with Gasteiger partial charge in [0.1, 0.15) is 0 Å². The highest BCUT2D eigenvalue weighted by molar-refractivity contribution is 5.63. The van der Waals surface area contributed by atoms with E-state index < -0.39 is 0 Å². The standard InChI is InChI=1S/C18H28N4/c1-5-22(6-2)18-13-11-17(12-14-18)21(4)20-16-10-8-7-9-15-19-3/h7-9,11-16,19H,5-6,10H2,1-4H3/p+1/b8-7-,15-9-,20-16+. The number of nitrogens with two attached hydrogens (primary N) is 1. The largest absolute Gasteiger partial charge is 0.372 e. The molecule has 22 heavy (non-hydrogen) atoms. The molecule has 0 unspecified atom stereocenters. The summed E-state index contributed by atoms with van der Waals surface area (Å²) in [5.41, 5.74) is 2.35. The van der Waals surface area contributed by atoms with Crippen LogP contribution in [-0.2, 0) is 0 Å². The maximum atomic E-state index is 4.44. The average Bonchev–Trinajstić information content (AvgIpc) is 2.55. The summed E-state index contributed by atoms with van der Waals surface area (Å²) in [5.74, 6) is 0. The lowest BCUT2D eigenvalue weighted by Gasteiger charge is -2.22. The third kappa shape index (κ3) is 6.14. The molecule has 2 N–H and O–H groups in total. The number of rotatable bonds is 9. The monoisotopic (exact) mass is 301 g/mol. The van der Waals surface area contributed by atoms with Gasteiger partial charge in [-0.25, -0.2) is 0 Å². The number of benzene rings is 1. The van der Waals surface area contributed by atoms with Gasteiger partial charge in [-0.1, -0.05) is 12.2 Å². The van der Waals surface area contributed by atoms with Crippen molar-refractivity contribution in [2.75, 3.05) is 37.1 Å². The molecule has 0 aliphatic rings. The molecule has 1 rings (SSSR count). The Hall–Kier alpha value is -2.07. The van der Waals surface area contributed by atoms with Crippen molar-refractivity contribution >= 4 is 17.6 Å². The topological polar surface area (TPSA) is 35.5 Å². The molecule has 0 atom stereocenters. The first kappa shape index (κ1) is 18.0. The van der Waals surface area contributed by atoms with Crippen LogP contribution in [0.3, 0.4) is 0 Å². The first-order valence-corrected chi connectivity index (χ1v) is 7.95. The van der Waals surface area contributed by atoms with Gasteiger partial charge in [0, 0.05) is 38.5 Å². The normalized spacial score (nSPS) is 11.8. The minimum Gasteiger partial charge on any atom is -0.372 e. The number of nitrogens with zero attached hydrogens (tertiary/aromatic N) is 3. The van der Waals surface area contributed by atoms with Crippen molar-refractivity contribution in [2.24, 2.45) is 5.10 Å². The fourth-order valence-electron chi connectivity index (χ4n) is 2.10.